The minimum absolute atomic E-state index is 0.671. The fourth-order valence-corrected chi connectivity index (χ4v) is 2.82. The van der Waals surface area contributed by atoms with Gasteiger partial charge >= 0.3 is 0 Å². The minimum atomic E-state index is 0.671. The molecular weight excluding hydrogens is 174 g/mol. The van der Waals surface area contributed by atoms with Crippen molar-refractivity contribution in [3.63, 3.8) is 0 Å². The third-order valence-electron chi connectivity index (χ3n) is 3.44. The summed E-state index contributed by atoms with van der Waals surface area (Å²) in [6.07, 6.45) is 9.30. The van der Waals surface area contributed by atoms with Crippen LogP contribution in [0.15, 0.2) is 18.5 Å². The molecule has 0 aliphatic carbocycles. The van der Waals surface area contributed by atoms with Gasteiger partial charge < -0.3 is 15.6 Å². The zero-order chi connectivity index (χ0) is 9.38. The van der Waals surface area contributed by atoms with Crippen LogP contribution in [0.5, 0.6) is 0 Å². The molecule has 14 heavy (non-hydrogen) atoms. The van der Waals surface area contributed by atoms with Gasteiger partial charge in [-0.2, -0.15) is 0 Å². The van der Waals surface area contributed by atoms with E-state index >= 15 is 0 Å². The van der Waals surface area contributed by atoms with Crippen LogP contribution in [0, 0.1) is 0 Å². The second-order valence-electron chi connectivity index (χ2n) is 4.55. The molecule has 0 radical (unpaired) electrons. The van der Waals surface area contributed by atoms with E-state index in [4.69, 9.17) is 0 Å². The van der Waals surface area contributed by atoms with Gasteiger partial charge in [0, 0.05) is 30.5 Å². The molecule has 0 saturated carbocycles. The zero-order valence-electron chi connectivity index (χ0n) is 8.29. The molecule has 0 aromatic carbocycles. The lowest BCUT2D eigenvalue weighted by Crippen LogP contribution is -2.43. The normalized spacial score (nSPS) is 35.9. The van der Waals surface area contributed by atoms with Crippen LogP contribution in [-0.4, -0.2) is 23.1 Å². The van der Waals surface area contributed by atoms with Crippen LogP contribution in [0.4, 0.5) is 5.69 Å². The zero-order valence-corrected chi connectivity index (χ0v) is 8.29. The molecule has 3 rings (SSSR count). The molecular formula is C11H17N3. The summed E-state index contributed by atoms with van der Waals surface area (Å²) in [5.41, 5.74) is 1.23. The van der Waals surface area contributed by atoms with Gasteiger partial charge in [-0.15, -0.1) is 0 Å². The van der Waals surface area contributed by atoms with Crippen molar-refractivity contribution in [2.75, 3.05) is 5.32 Å². The maximum atomic E-state index is 3.65. The highest BCUT2D eigenvalue weighted by atomic mass is 15.0. The number of aromatic nitrogens is 1. The van der Waals surface area contributed by atoms with Crippen molar-refractivity contribution < 1.29 is 0 Å². The fourth-order valence-electron chi connectivity index (χ4n) is 2.82. The number of rotatable bonds is 2. The molecule has 2 saturated heterocycles. The Morgan fingerprint density at radius 1 is 1.21 bits per heavy atom. The summed E-state index contributed by atoms with van der Waals surface area (Å²) >= 11 is 0. The topological polar surface area (TPSA) is 39.8 Å². The van der Waals surface area contributed by atoms with Crippen molar-refractivity contribution in [1.29, 1.82) is 0 Å². The van der Waals surface area contributed by atoms with Crippen LogP contribution in [0.2, 0.25) is 0 Å². The third-order valence-corrected chi connectivity index (χ3v) is 3.44. The predicted octanol–water partition coefficient (Wildman–Crippen LogP) is 1.71. The Hall–Kier alpha value is -0.960. The van der Waals surface area contributed by atoms with Crippen LogP contribution >= 0.6 is 0 Å². The van der Waals surface area contributed by atoms with Crippen LogP contribution in [0.1, 0.15) is 25.7 Å². The average molecular weight is 191 g/mol. The lowest BCUT2D eigenvalue weighted by molar-refractivity contribution is 0.378. The Morgan fingerprint density at radius 2 is 2.00 bits per heavy atom. The molecule has 2 aliphatic rings. The second-order valence-corrected chi connectivity index (χ2v) is 4.55. The lowest BCUT2D eigenvalue weighted by Gasteiger charge is -2.30. The van der Waals surface area contributed by atoms with Gasteiger partial charge in [0.2, 0.25) is 0 Å². The molecule has 0 amide bonds. The second kappa shape index (κ2) is 3.31. The van der Waals surface area contributed by atoms with E-state index in [2.05, 4.69) is 21.7 Å². The average Bonchev–Trinajstić information content (AvgIpc) is 2.77. The van der Waals surface area contributed by atoms with Gasteiger partial charge in [-0.1, -0.05) is 0 Å². The quantitative estimate of drug-likeness (QED) is 0.666. The number of anilines is 1. The monoisotopic (exact) mass is 191 g/mol. The van der Waals surface area contributed by atoms with Gasteiger partial charge in [-0.05, 0) is 31.7 Å². The Kier molecular flexibility index (Phi) is 1.98. The molecule has 2 aliphatic heterocycles. The van der Waals surface area contributed by atoms with Gasteiger partial charge in [0.25, 0.3) is 0 Å². The summed E-state index contributed by atoms with van der Waals surface area (Å²) in [4.78, 5) is 3.08. The van der Waals surface area contributed by atoms with Crippen molar-refractivity contribution in [1.82, 2.24) is 10.3 Å². The standard InChI is InChI=1S/C11H17N3/c1-2-9-6-11(5-8(1)13-9)14-10-3-4-12-7-10/h3-4,7-9,11-14H,1-2,5-6H2. The largest absolute Gasteiger partial charge is 0.381 e. The molecule has 2 atom stereocenters. The van der Waals surface area contributed by atoms with Gasteiger partial charge in [0.15, 0.2) is 0 Å². The van der Waals surface area contributed by atoms with Gasteiger partial charge in [-0.3, -0.25) is 0 Å². The predicted molar refractivity (Wildman–Crippen MR) is 57.4 cm³/mol. The molecule has 3 N–H and O–H groups in total. The SMILES string of the molecule is c1cc(NC2CC3CCC(C2)N3)c[nH]1. The fraction of sp³-hybridized carbons (Fsp3) is 0.636. The molecule has 2 bridgehead atoms. The van der Waals surface area contributed by atoms with E-state index in [-0.39, 0.29) is 0 Å². The van der Waals surface area contributed by atoms with E-state index in [1.807, 2.05) is 12.4 Å². The number of fused-ring (bicyclic) bond motifs is 2. The molecule has 2 fully saturated rings. The Bertz CT molecular complexity index is 281. The van der Waals surface area contributed by atoms with E-state index in [1.165, 1.54) is 31.4 Å². The first-order valence-corrected chi connectivity index (χ1v) is 5.55. The van der Waals surface area contributed by atoms with Crippen molar-refractivity contribution in [2.45, 2.75) is 43.8 Å². The highest BCUT2D eigenvalue weighted by Gasteiger charge is 2.33. The molecule has 0 spiro atoms. The summed E-state index contributed by atoms with van der Waals surface area (Å²) in [7, 11) is 0. The highest BCUT2D eigenvalue weighted by Crippen LogP contribution is 2.28. The molecule has 3 nitrogen and oxygen atoms in total. The molecule has 1 aromatic heterocycles. The van der Waals surface area contributed by atoms with Crippen LogP contribution in [0.3, 0.4) is 0 Å². The van der Waals surface area contributed by atoms with Crippen LogP contribution in [-0.2, 0) is 0 Å². The molecule has 3 heterocycles. The van der Waals surface area contributed by atoms with Gasteiger partial charge in [0.05, 0.1) is 5.69 Å². The molecule has 2 unspecified atom stereocenters. The van der Waals surface area contributed by atoms with Crippen molar-refractivity contribution in [2.24, 2.45) is 0 Å². The summed E-state index contributed by atoms with van der Waals surface area (Å²) in [5.74, 6) is 0. The molecule has 1 aromatic rings. The first-order chi connectivity index (χ1) is 6.90. The van der Waals surface area contributed by atoms with Gasteiger partial charge in [-0.25, -0.2) is 0 Å². The number of hydrogen-bond acceptors (Lipinski definition) is 2. The van der Waals surface area contributed by atoms with E-state index in [1.54, 1.807) is 0 Å². The van der Waals surface area contributed by atoms with Crippen LogP contribution < -0.4 is 10.6 Å². The van der Waals surface area contributed by atoms with E-state index in [9.17, 15) is 0 Å². The smallest absolute Gasteiger partial charge is 0.0519 e. The molecule has 3 heteroatoms. The number of aromatic amines is 1. The number of hydrogen-bond donors (Lipinski definition) is 3. The lowest BCUT2D eigenvalue weighted by atomic mass is 10.00. The Morgan fingerprint density at radius 3 is 2.64 bits per heavy atom. The first-order valence-electron chi connectivity index (χ1n) is 5.55. The first kappa shape index (κ1) is 8.36. The van der Waals surface area contributed by atoms with Crippen molar-refractivity contribution in [3.05, 3.63) is 18.5 Å². The summed E-state index contributed by atoms with van der Waals surface area (Å²) in [5, 5.41) is 7.24. The van der Waals surface area contributed by atoms with Crippen molar-refractivity contribution >= 4 is 5.69 Å². The number of nitrogens with one attached hydrogen (secondary N) is 3. The Balaban J connectivity index is 1.64. The van der Waals surface area contributed by atoms with Gasteiger partial charge in [0.1, 0.15) is 0 Å². The molecule has 76 valence electrons. The maximum Gasteiger partial charge on any atom is 0.0519 e. The summed E-state index contributed by atoms with van der Waals surface area (Å²) in [6.45, 7) is 0. The number of H-pyrrole nitrogens is 1. The number of piperidine rings is 1. The van der Waals surface area contributed by atoms with E-state index < -0.39 is 0 Å². The van der Waals surface area contributed by atoms with Crippen LogP contribution in [0.25, 0.3) is 0 Å². The van der Waals surface area contributed by atoms with E-state index in [0.29, 0.717) is 6.04 Å². The Labute approximate surface area is 84.3 Å². The van der Waals surface area contributed by atoms with Crippen molar-refractivity contribution in [3.8, 4) is 0 Å². The third kappa shape index (κ3) is 1.52. The van der Waals surface area contributed by atoms with E-state index in [0.717, 1.165) is 12.1 Å². The maximum absolute atomic E-state index is 3.65. The summed E-state index contributed by atoms with van der Waals surface area (Å²) < 4.78 is 0. The minimum Gasteiger partial charge on any atom is -0.381 e. The summed E-state index contributed by atoms with van der Waals surface area (Å²) in [6, 6.07) is 4.31. The highest BCUT2D eigenvalue weighted by molar-refractivity contribution is 5.41.